The van der Waals surface area contributed by atoms with Crippen molar-refractivity contribution in [1.82, 2.24) is 0 Å². The summed E-state index contributed by atoms with van der Waals surface area (Å²) in [5, 5.41) is 11.1. The molecule has 0 bridgehead atoms. The van der Waals surface area contributed by atoms with Crippen molar-refractivity contribution in [2.24, 2.45) is 0 Å². The fourth-order valence-corrected chi connectivity index (χ4v) is 2.85. The summed E-state index contributed by atoms with van der Waals surface area (Å²) in [4.78, 5) is 12.3. The first-order valence-electron chi connectivity index (χ1n) is 6.19. The van der Waals surface area contributed by atoms with Crippen LogP contribution in [0.5, 0.6) is 5.75 Å². The topological polar surface area (TPSA) is 50.4 Å². The first-order chi connectivity index (χ1) is 9.97. The molecule has 3 aromatic rings. The molecule has 3 rings (SSSR count). The predicted molar refractivity (Wildman–Crippen MR) is 84.3 cm³/mol. The lowest BCUT2D eigenvalue weighted by molar-refractivity contribution is 0.473. The Morgan fingerprint density at radius 3 is 2.57 bits per heavy atom. The van der Waals surface area contributed by atoms with E-state index in [-0.39, 0.29) is 5.75 Å². The van der Waals surface area contributed by atoms with Gasteiger partial charge in [0.2, 0.25) is 0 Å². The van der Waals surface area contributed by atoms with Gasteiger partial charge in [-0.3, -0.25) is 0 Å². The maximum absolute atomic E-state index is 12.3. The van der Waals surface area contributed by atoms with Gasteiger partial charge >= 0.3 is 5.63 Å². The maximum atomic E-state index is 12.3. The number of phenolic OH excluding ortho intramolecular Hbond substituents is 1. The Morgan fingerprint density at radius 1 is 1.10 bits per heavy atom. The van der Waals surface area contributed by atoms with Crippen molar-refractivity contribution in [3.8, 4) is 16.9 Å². The first-order valence-corrected chi connectivity index (χ1v) is 6.95. The van der Waals surface area contributed by atoms with E-state index in [0.717, 1.165) is 10.9 Å². The van der Waals surface area contributed by atoms with E-state index in [1.54, 1.807) is 30.3 Å². The molecule has 0 aliphatic carbocycles. The molecule has 1 heterocycles. The number of aryl methyl sites for hydroxylation is 1. The second-order valence-corrected chi connectivity index (χ2v) is 5.54. The Morgan fingerprint density at radius 2 is 1.86 bits per heavy atom. The fraction of sp³-hybridized carbons (Fsp3) is 0.0625. The van der Waals surface area contributed by atoms with Crippen LogP contribution in [-0.2, 0) is 0 Å². The molecule has 0 aliphatic heterocycles. The molecule has 0 fully saturated rings. The summed E-state index contributed by atoms with van der Waals surface area (Å²) in [6.45, 7) is 1.82. The van der Waals surface area contributed by atoms with Gasteiger partial charge in [-0.1, -0.05) is 29.3 Å². The largest absolute Gasteiger partial charge is 0.508 e. The molecule has 2 aromatic carbocycles. The third-order valence-corrected chi connectivity index (χ3v) is 3.90. The van der Waals surface area contributed by atoms with Crippen LogP contribution in [0, 0.1) is 6.92 Å². The molecule has 0 aliphatic rings. The number of phenols is 1. The molecule has 0 spiro atoms. The SMILES string of the molecule is Cc1c(-c2ccc(Cl)cc2Cl)c(=O)oc2cc(O)ccc12. The van der Waals surface area contributed by atoms with Gasteiger partial charge in [-0.15, -0.1) is 0 Å². The van der Waals surface area contributed by atoms with Crippen LogP contribution in [0.3, 0.4) is 0 Å². The minimum atomic E-state index is -0.505. The molecule has 0 radical (unpaired) electrons. The quantitative estimate of drug-likeness (QED) is 0.656. The maximum Gasteiger partial charge on any atom is 0.344 e. The summed E-state index contributed by atoms with van der Waals surface area (Å²) in [7, 11) is 0. The minimum absolute atomic E-state index is 0.0438. The van der Waals surface area contributed by atoms with Gasteiger partial charge in [0, 0.05) is 22.0 Å². The van der Waals surface area contributed by atoms with Gasteiger partial charge in [0.25, 0.3) is 0 Å². The van der Waals surface area contributed by atoms with Gasteiger partial charge in [0.15, 0.2) is 0 Å². The zero-order valence-electron chi connectivity index (χ0n) is 11.0. The van der Waals surface area contributed by atoms with Crippen LogP contribution < -0.4 is 5.63 Å². The number of hydrogen-bond acceptors (Lipinski definition) is 3. The Labute approximate surface area is 130 Å². The van der Waals surface area contributed by atoms with Crippen molar-refractivity contribution in [2.75, 3.05) is 0 Å². The van der Waals surface area contributed by atoms with E-state index in [0.29, 0.717) is 26.8 Å². The van der Waals surface area contributed by atoms with E-state index < -0.39 is 5.63 Å². The minimum Gasteiger partial charge on any atom is -0.508 e. The smallest absolute Gasteiger partial charge is 0.344 e. The number of aromatic hydroxyl groups is 1. The molecular formula is C16H10Cl2O3. The van der Waals surface area contributed by atoms with Crippen molar-refractivity contribution >= 4 is 34.2 Å². The van der Waals surface area contributed by atoms with E-state index in [2.05, 4.69) is 0 Å². The normalized spacial score (nSPS) is 11.0. The molecule has 1 aromatic heterocycles. The van der Waals surface area contributed by atoms with Crippen LogP contribution in [0.1, 0.15) is 5.56 Å². The van der Waals surface area contributed by atoms with Gasteiger partial charge in [0.1, 0.15) is 11.3 Å². The zero-order chi connectivity index (χ0) is 15.1. The summed E-state index contributed by atoms with van der Waals surface area (Å²) in [5.74, 6) is 0.0438. The highest BCUT2D eigenvalue weighted by Crippen LogP contribution is 2.33. The molecule has 21 heavy (non-hydrogen) atoms. The molecule has 0 saturated carbocycles. The lowest BCUT2D eigenvalue weighted by Crippen LogP contribution is -2.06. The average Bonchev–Trinajstić information content (AvgIpc) is 2.40. The Hall–Kier alpha value is -1.97. The predicted octanol–water partition coefficient (Wildman–Crippen LogP) is 4.78. The monoisotopic (exact) mass is 320 g/mol. The van der Waals surface area contributed by atoms with E-state index in [1.807, 2.05) is 6.92 Å². The van der Waals surface area contributed by atoms with Gasteiger partial charge in [-0.05, 0) is 36.8 Å². The van der Waals surface area contributed by atoms with E-state index in [1.165, 1.54) is 6.07 Å². The lowest BCUT2D eigenvalue weighted by atomic mass is 9.99. The van der Waals surface area contributed by atoms with Crippen LogP contribution in [0.2, 0.25) is 10.0 Å². The Bertz CT molecular complexity index is 913. The highest BCUT2D eigenvalue weighted by molar-refractivity contribution is 6.36. The van der Waals surface area contributed by atoms with Crippen LogP contribution in [-0.4, -0.2) is 5.11 Å². The van der Waals surface area contributed by atoms with Crippen molar-refractivity contribution < 1.29 is 9.52 Å². The molecule has 0 saturated heterocycles. The van der Waals surface area contributed by atoms with E-state index >= 15 is 0 Å². The van der Waals surface area contributed by atoms with Crippen LogP contribution >= 0.6 is 23.2 Å². The van der Waals surface area contributed by atoms with Gasteiger partial charge in [-0.2, -0.15) is 0 Å². The van der Waals surface area contributed by atoms with Crippen molar-refractivity contribution in [3.63, 3.8) is 0 Å². The third kappa shape index (κ3) is 2.39. The van der Waals surface area contributed by atoms with Gasteiger partial charge in [-0.25, -0.2) is 4.79 Å². The highest BCUT2D eigenvalue weighted by Gasteiger charge is 2.16. The number of rotatable bonds is 1. The number of halogens is 2. The number of hydrogen-bond donors (Lipinski definition) is 1. The molecule has 0 atom stereocenters. The summed E-state index contributed by atoms with van der Waals surface area (Å²) in [5.41, 5.74) is 1.55. The summed E-state index contributed by atoms with van der Waals surface area (Å²) in [6, 6.07) is 9.60. The summed E-state index contributed by atoms with van der Waals surface area (Å²) < 4.78 is 5.29. The van der Waals surface area contributed by atoms with Gasteiger partial charge in [0.05, 0.1) is 10.6 Å². The summed E-state index contributed by atoms with van der Waals surface area (Å²) >= 11 is 12.1. The van der Waals surface area contributed by atoms with Crippen LogP contribution in [0.4, 0.5) is 0 Å². The Kier molecular flexibility index (Phi) is 3.40. The van der Waals surface area contributed by atoms with E-state index in [4.69, 9.17) is 27.6 Å². The molecule has 5 heteroatoms. The molecule has 0 unspecified atom stereocenters. The number of fused-ring (bicyclic) bond motifs is 1. The van der Waals surface area contributed by atoms with Crippen molar-refractivity contribution in [1.29, 1.82) is 0 Å². The third-order valence-electron chi connectivity index (χ3n) is 3.35. The second-order valence-electron chi connectivity index (χ2n) is 4.69. The molecule has 1 N–H and O–H groups in total. The first kappa shape index (κ1) is 14.0. The summed E-state index contributed by atoms with van der Waals surface area (Å²) in [6.07, 6.45) is 0. The Balaban J connectivity index is 2.38. The molecular weight excluding hydrogens is 311 g/mol. The molecule has 106 valence electrons. The van der Waals surface area contributed by atoms with Crippen LogP contribution in [0.25, 0.3) is 22.1 Å². The lowest BCUT2D eigenvalue weighted by Gasteiger charge is -2.09. The number of benzene rings is 2. The second kappa shape index (κ2) is 5.10. The fourth-order valence-electron chi connectivity index (χ4n) is 2.35. The van der Waals surface area contributed by atoms with Crippen molar-refractivity contribution in [3.05, 3.63) is 62.4 Å². The van der Waals surface area contributed by atoms with Crippen LogP contribution in [0.15, 0.2) is 45.6 Å². The molecule has 0 amide bonds. The van der Waals surface area contributed by atoms with E-state index in [9.17, 15) is 9.90 Å². The molecule has 3 nitrogen and oxygen atoms in total. The highest BCUT2D eigenvalue weighted by atomic mass is 35.5. The average molecular weight is 321 g/mol. The zero-order valence-corrected chi connectivity index (χ0v) is 12.5. The van der Waals surface area contributed by atoms with Gasteiger partial charge < -0.3 is 9.52 Å². The van der Waals surface area contributed by atoms with Crippen molar-refractivity contribution in [2.45, 2.75) is 6.92 Å². The standard InChI is InChI=1S/C16H10Cl2O3/c1-8-11-5-3-10(19)7-14(11)21-16(20)15(8)12-4-2-9(17)6-13(12)18/h2-7,19H,1H3.